The summed E-state index contributed by atoms with van der Waals surface area (Å²) in [5, 5.41) is 8.78. The van der Waals surface area contributed by atoms with E-state index in [4.69, 9.17) is 9.84 Å². The third-order valence-corrected chi connectivity index (χ3v) is 0.617. The standard InChI is InChI=1S/C6H13NO2/c1-6(2,3)9-5(8)7-4/h1-4H3,(H,7,8)/p+1. The molecular weight excluding hydrogens is 118 g/mol. The minimum absolute atomic E-state index is 0.137. The van der Waals surface area contributed by atoms with Gasteiger partial charge in [0.25, 0.3) is 0 Å². The fourth-order valence-electron chi connectivity index (χ4n) is 0.341. The molecule has 3 nitrogen and oxygen atoms in total. The molecule has 0 aliphatic heterocycles. The van der Waals surface area contributed by atoms with Gasteiger partial charge < -0.3 is 9.84 Å². The van der Waals surface area contributed by atoms with Gasteiger partial charge in [-0.05, 0) is 20.8 Å². The van der Waals surface area contributed by atoms with E-state index in [1.165, 1.54) is 0 Å². The Morgan fingerprint density at radius 2 is 1.89 bits per heavy atom. The third kappa shape index (κ3) is 5.14. The molecule has 0 atom stereocenters. The lowest BCUT2D eigenvalue weighted by atomic mass is 10.2. The molecule has 0 spiro atoms. The van der Waals surface area contributed by atoms with Crippen LogP contribution >= 0.6 is 0 Å². The van der Waals surface area contributed by atoms with Crippen LogP contribution in [0, 0.1) is 0 Å². The maximum absolute atomic E-state index is 8.78. The maximum atomic E-state index is 8.78. The molecular formula is C6H14NO2+. The Morgan fingerprint density at radius 1 is 1.44 bits per heavy atom. The van der Waals surface area contributed by atoms with E-state index >= 15 is 0 Å². The van der Waals surface area contributed by atoms with Crippen molar-refractivity contribution in [3.05, 3.63) is 0 Å². The van der Waals surface area contributed by atoms with Gasteiger partial charge in [0.15, 0.2) is 0 Å². The van der Waals surface area contributed by atoms with E-state index in [2.05, 4.69) is 4.99 Å². The molecule has 0 heterocycles. The van der Waals surface area contributed by atoms with Crippen LogP contribution in [0.2, 0.25) is 0 Å². The molecule has 54 valence electrons. The Kier molecular flexibility index (Phi) is 2.49. The van der Waals surface area contributed by atoms with Gasteiger partial charge in [-0.15, -0.1) is 0 Å². The van der Waals surface area contributed by atoms with Crippen molar-refractivity contribution in [2.75, 3.05) is 7.05 Å². The zero-order valence-corrected chi connectivity index (χ0v) is 6.36. The number of aliphatic hydroxyl groups excluding tert-OH is 1. The molecule has 0 aromatic carbocycles. The third-order valence-electron chi connectivity index (χ3n) is 0.617. The number of hydrogen-bond donors (Lipinski definition) is 2. The minimum Gasteiger partial charge on any atom is -0.430 e. The molecule has 0 aromatic rings. The SMILES string of the molecule is C[NH+]=C(O)OC(C)(C)C. The van der Waals surface area contributed by atoms with E-state index in [0.717, 1.165) is 0 Å². The van der Waals surface area contributed by atoms with Crippen molar-refractivity contribution in [2.24, 2.45) is 0 Å². The Morgan fingerprint density at radius 3 is 2.00 bits per heavy atom. The monoisotopic (exact) mass is 132 g/mol. The second kappa shape index (κ2) is 2.71. The zero-order chi connectivity index (χ0) is 7.49. The van der Waals surface area contributed by atoms with Crippen LogP contribution in [0.5, 0.6) is 0 Å². The number of nitrogens with one attached hydrogen (secondary N) is 1. The predicted octanol–water partition coefficient (Wildman–Crippen LogP) is -0.574. The van der Waals surface area contributed by atoms with Gasteiger partial charge in [-0.25, -0.2) is 0 Å². The zero-order valence-electron chi connectivity index (χ0n) is 6.36. The van der Waals surface area contributed by atoms with Gasteiger partial charge >= 0.3 is 6.08 Å². The van der Waals surface area contributed by atoms with E-state index in [1.54, 1.807) is 7.05 Å². The van der Waals surface area contributed by atoms with Gasteiger partial charge in [0, 0.05) is 0 Å². The average molecular weight is 132 g/mol. The molecule has 0 radical (unpaired) electrons. The highest BCUT2D eigenvalue weighted by Crippen LogP contribution is 2.04. The summed E-state index contributed by atoms with van der Waals surface area (Å²) in [5.74, 6) is 0. The molecule has 0 unspecified atom stereocenters. The highest BCUT2D eigenvalue weighted by Gasteiger charge is 2.16. The van der Waals surface area contributed by atoms with Crippen molar-refractivity contribution in [3.8, 4) is 0 Å². The predicted molar refractivity (Wildman–Crippen MR) is 35.4 cm³/mol. The molecule has 0 rings (SSSR count). The second-order valence-electron chi connectivity index (χ2n) is 2.77. The first-order valence-corrected chi connectivity index (χ1v) is 2.88. The van der Waals surface area contributed by atoms with Gasteiger partial charge in [0.1, 0.15) is 12.6 Å². The summed E-state index contributed by atoms with van der Waals surface area (Å²) in [6.45, 7) is 5.59. The molecule has 9 heavy (non-hydrogen) atoms. The van der Waals surface area contributed by atoms with Gasteiger partial charge in [-0.1, -0.05) is 0 Å². The Bertz CT molecular complexity index is 113. The van der Waals surface area contributed by atoms with Crippen molar-refractivity contribution < 1.29 is 14.8 Å². The number of aliphatic hydroxyl groups is 1. The summed E-state index contributed by atoms with van der Waals surface area (Å²) in [4.78, 5) is 2.47. The highest BCUT2D eigenvalue weighted by molar-refractivity contribution is 5.57. The van der Waals surface area contributed by atoms with Gasteiger partial charge in [-0.2, -0.15) is 4.99 Å². The lowest BCUT2D eigenvalue weighted by Crippen LogP contribution is -2.69. The summed E-state index contributed by atoms with van der Waals surface area (Å²) >= 11 is 0. The first-order valence-electron chi connectivity index (χ1n) is 2.88. The fourth-order valence-corrected chi connectivity index (χ4v) is 0.341. The van der Waals surface area contributed by atoms with Crippen LogP contribution in [0.1, 0.15) is 20.8 Å². The Labute approximate surface area is 55.4 Å². The first-order chi connectivity index (χ1) is 3.95. The van der Waals surface area contributed by atoms with Crippen LogP contribution in [-0.4, -0.2) is 23.8 Å². The summed E-state index contributed by atoms with van der Waals surface area (Å²) in [6.07, 6.45) is -0.137. The minimum atomic E-state index is -0.326. The molecule has 3 heteroatoms. The summed E-state index contributed by atoms with van der Waals surface area (Å²) in [7, 11) is 1.60. The van der Waals surface area contributed by atoms with E-state index < -0.39 is 0 Å². The topological polar surface area (TPSA) is 43.4 Å². The van der Waals surface area contributed by atoms with Crippen molar-refractivity contribution in [1.82, 2.24) is 0 Å². The second-order valence-corrected chi connectivity index (χ2v) is 2.77. The van der Waals surface area contributed by atoms with E-state index in [9.17, 15) is 0 Å². The maximum Gasteiger partial charge on any atom is 0.545 e. The van der Waals surface area contributed by atoms with Gasteiger partial charge in [0.2, 0.25) is 0 Å². The lowest BCUT2D eigenvalue weighted by Gasteiger charge is -2.15. The molecule has 2 N–H and O–H groups in total. The average Bonchev–Trinajstić information content (AvgIpc) is 1.62. The summed E-state index contributed by atoms with van der Waals surface area (Å²) in [5.41, 5.74) is -0.326. The van der Waals surface area contributed by atoms with Crippen LogP contribution in [-0.2, 0) is 4.74 Å². The molecule has 0 amide bonds. The van der Waals surface area contributed by atoms with Crippen LogP contribution < -0.4 is 4.99 Å². The molecule has 0 saturated carbocycles. The molecule has 0 saturated heterocycles. The Balaban J connectivity index is 3.75. The molecule has 0 fully saturated rings. The van der Waals surface area contributed by atoms with E-state index in [1.807, 2.05) is 20.8 Å². The smallest absolute Gasteiger partial charge is 0.430 e. The number of rotatable bonds is 0. The molecule has 0 aromatic heterocycles. The number of hydrogen-bond acceptors (Lipinski definition) is 1. The van der Waals surface area contributed by atoms with E-state index in [-0.39, 0.29) is 11.7 Å². The molecule has 0 bridgehead atoms. The first kappa shape index (κ1) is 8.27. The van der Waals surface area contributed by atoms with Crippen LogP contribution in [0.4, 0.5) is 0 Å². The van der Waals surface area contributed by atoms with Gasteiger partial charge in [0.05, 0.1) is 0 Å². The molecule has 0 aliphatic rings. The van der Waals surface area contributed by atoms with Crippen molar-refractivity contribution in [3.63, 3.8) is 0 Å². The highest BCUT2D eigenvalue weighted by atomic mass is 16.6. The van der Waals surface area contributed by atoms with E-state index in [0.29, 0.717) is 0 Å². The number of ether oxygens (including phenoxy) is 1. The van der Waals surface area contributed by atoms with Gasteiger partial charge in [-0.3, -0.25) is 0 Å². The normalized spacial score (nSPS) is 13.6. The van der Waals surface area contributed by atoms with Crippen LogP contribution in [0.25, 0.3) is 0 Å². The largest absolute Gasteiger partial charge is 0.545 e. The van der Waals surface area contributed by atoms with Crippen molar-refractivity contribution >= 4 is 6.08 Å². The summed E-state index contributed by atoms with van der Waals surface area (Å²) < 4.78 is 4.95. The fraction of sp³-hybridized carbons (Fsp3) is 0.833. The lowest BCUT2D eigenvalue weighted by molar-refractivity contribution is -0.446. The van der Waals surface area contributed by atoms with Crippen molar-refractivity contribution in [1.29, 1.82) is 0 Å². The quantitative estimate of drug-likeness (QED) is 0.342. The van der Waals surface area contributed by atoms with Crippen LogP contribution in [0.15, 0.2) is 0 Å². The van der Waals surface area contributed by atoms with Crippen LogP contribution in [0.3, 0.4) is 0 Å². The Hall–Kier alpha value is -0.730. The van der Waals surface area contributed by atoms with Crippen molar-refractivity contribution in [2.45, 2.75) is 26.4 Å². The summed E-state index contributed by atoms with van der Waals surface area (Å²) in [6, 6.07) is 0. The molecule has 0 aliphatic carbocycles.